The quantitative estimate of drug-likeness (QED) is 0.413. The number of aromatic nitrogens is 1. The van der Waals surface area contributed by atoms with E-state index in [1.165, 1.54) is 10.3 Å². The molecule has 0 N–H and O–H groups in total. The minimum atomic E-state index is 0.652. The molecule has 0 unspecified atom stereocenters. The van der Waals surface area contributed by atoms with E-state index in [-0.39, 0.29) is 0 Å². The normalized spacial score (nSPS) is 10.2. The summed E-state index contributed by atoms with van der Waals surface area (Å²) in [5.74, 6) is 0. The summed E-state index contributed by atoms with van der Waals surface area (Å²) in [4.78, 5) is 0. The Bertz CT molecular complexity index is 203. The van der Waals surface area contributed by atoms with Gasteiger partial charge in [-0.2, -0.15) is 0 Å². The molecule has 0 aliphatic heterocycles. The first-order valence-electron chi connectivity index (χ1n) is 3.05. The van der Waals surface area contributed by atoms with Gasteiger partial charge in [-0.15, -0.1) is 0 Å². The SMILES string of the molecule is Cc1[se]c(C)[n+](C)c1C. The Morgan fingerprint density at radius 3 is 1.89 bits per heavy atom. The summed E-state index contributed by atoms with van der Waals surface area (Å²) in [6, 6.07) is 0. The third kappa shape index (κ3) is 1.10. The van der Waals surface area contributed by atoms with Crippen LogP contribution in [0.1, 0.15) is 14.7 Å². The van der Waals surface area contributed by atoms with Crippen molar-refractivity contribution in [2.24, 2.45) is 7.05 Å². The second-order valence-electron chi connectivity index (χ2n) is 2.32. The van der Waals surface area contributed by atoms with Crippen molar-refractivity contribution in [2.75, 3.05) is 0 Å². The molecule has 1 nitrogen and oxygen atoms in total. The number of aryl methyl sites for hydroxylation is 2. The summed E-state index contributed by atoms with van der Waals surface area (Å²) in [5, 5.41) is 0. The molecule has 0 aliphatic carbocycles. The molecular formula is C7H12NSe+. The number of hydrogen-bond acceptors (Lipinski definition) is 0. The van der Waals surface area contributed by atoms with Gasteiger partial charge in [0.05, 0.1) is 0 Å². The van der Waals surface area contributed by atoms with Crippen LogP contribution >= 0.6 is 0 Å². The summed E-state index contributed by atoms with van der Waals surface area (Å²) in [7, 11) is 2.14. The van der Waals surface area contributed by atoms with Crippen molar-refractivity contribution < 1.29 is 4.57 Å². The van der Waals surface area contributed by atoms with Crippen LogP contribution in [-0.4, -0.2) is 14.5 Å². The average Bonchev–Trinajstić information content (AvgIpc) is 1.98. The molecule has 0 radical (unpaired) electrons. The van der Waals surface area contributed by atoms with Gasteiger partial charge in [0.1, 0.15) is 0 Å². The molecule has 0 aliphatic rings. The molecule has 1 aromatic heterocycles. The van der Waals surface area contributed by atoms with E-state index >= 15 is 0 Å². The Labute approximate surface area is 62.1 Å². The van der Waals surface area contributed by atoms with Crippen molar-refractivity contribution in [3.63, 3.8) is 0 Å². The predicted molar refractivity (Wildman–Crippen MR) is 38.8 cm³/mol. The molecule has 1 rings (SSSR count). The standard InChI is InChI=1S/C7H12NSe/c1-5-6(2)9-7(3)8(5)4/h1-4H3/q+1. The summed E-state index contributed by atoms with van der Waals surface area (Å²) in [6.07, 6.45) is 0. The number of rotatable bonds is 0. The van der Waals surface area contributed by atoms with Crippen molar-refractivity contribution in [3.8, 4) is 0 Å². The summed E-state index contributed by atoms with van der Waals surface area (Å²) >= 11 is 0.652. The zero-order valence-corrected chi connectivity index (χ0v) is 8.07. The fourth-order valence-electron chi connectivity index (χ4n) is 0.836. The van der Waals surface area contributed by atoms with Crippen LogP contribution in [-0.2, 0) is 7.05 Å². The van der Waals surface area contributed by atoms with E-state index in [9.17, 15) is 0 Å². The fraction of sp³-hybridized carbons (Fsp3) is 0.571. The Kier molecular flexibility index (Phi) is 1.78. The maximum atomic E-state index is 2.29. The molecule has 0 saturated heterocycles. The van der Waals surface area contributed by atoms with Crippen molar-refractivity contribution in [3.05, 3.63) is 14.7 Å². The average molecular weight is 189 g/mol. The van der Waals surface area contributed by atoms with Crippen molar-refractivity contribution in [1.82, 2.24) is 0 Å². The molecule has 9 heavy (non-hydrogen) atoms. The minimum absolute atomic E-state index is 0.652. The molecule has 0 amide bonds. The van der Waals surface area contributed by atoms with Gasteiger partial charge in [0.15, 0.2) is 0 Å². The summed E-state index contributed by atoms with van der Waals surface area (Å²) < 4.78 is 5.38. The van der Waals surface area contributed by atoms with Crippen molar-refractivity contribution in [1.29, 1.82) is 0 Å². The Morgan fingerprint density at radius 2 is 1.78 bits per heavy atom. The first-order chi connectivity index (χ1) is 4.13. The van der Waals surface area contributed by atoms with Gasteiger partial charge in [-0.05, 0) is 0 Å². The van der Waals surface area contributed by atoms with Crippen LogP contribution in [0.25, 0.3) is 0 Å². The molecule has 0 aromatic carbocycles. The maximum absolute atomic E-state index is 2.29. The molecule has 0 spiro atoms. The van der Waals surface area contributed by atoms with Gasteiger partial charge in [-0.25, -0.2) is 0 Å². The molecule has 1 heterocycles. The van der Waals surface area contributed by atoms with Crippen LogP contribution in [0.2, 0.25) is 0 Å². The van der Waals surface area contributed by atoms with Gasteiger partial charge in [0, 0.05) is 0 Å². The Hall–Kier alpha value is -0.0705. The second kappa shape index (κ2) is 2.28. The number of hydrogen-bond donors (Lipinski definition) is 0. The van der Waals surface area contributed by atoms with E-state index < -0.39 is 0 Å². The van der Waals surface area contributed by atoms with Gasteiger partial charge in [-0.3, -0.25) is 0 Å². The molecule has 50 valence electrons. The second-order valence-corrected chi connectivity index (χ2v) is 5.27. The molecular weight excluding hydrogens is 177 g/mol. The third-order valence-electron chi connectivity index (χ3n) is 1.79. The molecule has 0 bridgehead atoms. The zero-order chi connectivity index (χ0) is 7.02. The van der Waals surface area contributed by atoms with Gasteiger partial charge in [0.2, 0.25) is 0 Å². The van der Waals surface area contributed by atoms with Gasteiger partial charge in [0.25, 0.3) is 0 Å². The van der Waals surface area contributed by atoms with Crippen molar-refractivity contribution >= 4 is 14.5 Å². The topological polar surface area (TPSA) is 3.88 Å². The van der Waals surface area contributed by atoms with Gasteiger partial charge < -0.3 is 0 Å². The third-order valence-corrected chi connectivity index (χ3v) is 4.24. The van der Waals surface area contributed by atoms with E-state index in [0.29, 0.717) is 14.5 Å². The van der Waals surface area contributed by atoms with E-state index in [2.05, 4.69) is 32.4 Å². The summed E-state index contributed by atoms with van der Waals surface area (Å²) in [5.41, 5.74) is 1.45. The molecule has 0 atom stereocenters. The van der Waals surface area contributed by atoms with Crippen LogP contribution in [0.3, 0.4) is 0 Å². The fourth-order valence-corrected chi connectivity index (χ4v) is 2.94. The van der Waals surface area contributed by atoms with Crippen LogP contribution in [0.4, 0.5) is 0 Å². The van der Waals surface area contributed by atoms with Crippen LogP contribution in [0.15, 0.2) is 0 Å². The Balaban J connectivity index is 3.29. The van der Waals surface area contributed by atoms with E-state index in [4.69, 9.17) is 0 Å². The monoisotopic (exact) mass is 190 g/mol. The molecule has 1 aromatic rings. The van der Waals surface area contributed by atoms with Crippen molar-refractivity contribution in [2.45, 2.75) is 20.8 Å². The number of nitrogens with zero attached hydrogens (tertiary/aromatic N) is 1. The van der Waals surface area contributed by atoms with Gasteiger partial charge >= 0.3 is 61.6 Å². The first-order valence-corrected chi connectivity index (χ1v) is 4.77. The molecule has 0 fully saturated rings. The van der Waals surface area contributed by atoms with E-state index in [1.54, 1.807) is 4.44 Å². The van der Waals surface area contributed by atoms with Gasteiger partial charge in [-0.1, -0.05) is 0 Å². The van der Waals surface area contributed by atoms with E-state index in [1.807, 2.05) is 0 Å². The van der Waals surface area contributed by atoms with Crippen LogP contribution in [0, 0.1) is 20.8 Å². The summed E-state index contributed by atoms with van der Waals surface area (Å²) in [6.45, 7) is 6.62. The predicted octanol–water partition coefficient (Wildman–Crippen LogP) is 0.493. The molecule has 2 heteroatoms. The van der Waals surface area contributed by atoms with Crippen LogP contribution < -0.4 is 4.57 Å². The Morgan fingerprint density at radius 1 is 1.22 bits per heavy atom. The van der Waals surface area contributed by atoms with E-state index in [0.717, 1.165) is 0 Å². The van der Waals surface area contributed by atoms with Crippen LogP contribution in [0.5, 0.6) is 0 Å². The zero-order valence-electron chi connectivity index (χ0n) is 6.36. The molecule has 0 saturated carbocycles. The first kappa shape index (κ1) is 7.04.